The van der Waals surface area contributed by atoms with Crippen molar-refractivity contribution in [2.75, 3.05) is 19.0 Å². The Labute approximate surface area is 156 Å². The van der Waals surface area contributed by atoms with Gasteiger partial charge in [-0.1, -0.05) is 5.16 Å². The van der Waals surface area contributed by atoms with Crippen LogP contribution in [0.2, 0.25) is 0 Å². The molecule has 0 aliphatic rings. The number of rotatable bonds is 8. The van der Waals surface area contributed by atoms with Crippen molar-refractivity contribution in [1.82, 2.24) is 15.1 Å². The second kappa shape index (κ2) is 8.79. The van der Waals surface area contributed by atoms with Gasteiger partial charge in [0.15, 0.2) is 11.5 Å². The van der Waals surface area contributed by atoms with Crippen LogP contribution < -0.4 is 14.8 Å². The lowest BCUT2D eigenvalue weighted by Gasteiger charge is -2.09. The number of carbonyl (C=O) groups excluding carboxylic acids is 1. The zero-order valence-electron chi connectivity index (χ0n) is 15.1. The fourth-order valence-corrected chi connectivity index (χ4v) is 2.44. The number of anilines is 1. The summed E-state index contributed by atoms with van der Waals surface area (Å²) in [4.78, 5) is 20.3. The summed E-state index contributed by atoms with van der Waals surface area (Å²) in [5.41, 5.74) is 1.39. The van der Waals surface area contributed by atoms with Crippen molar-refractivity contribution in [2.24, 2.45) is 0 Å². The number of benzene rings is 1. The topological polar surface area (TPSA) is 99.4 Å². The maximum Gasteiger partial charge on any atom is 0.227 e. The molecule has 0 fully saturated rings. The average molecular weight is 368 g/mol. The highest BCUT2D eigenvalue weighted by Gasteiger charge is 2.13. The van der Waals surface area contributed by atoms with Gasteiger partial charge in [-0.05, 0) is 37.3 Å². The van der Waals surface area contributed by atoms with Gasteiger partial charge in [0.25, 0.3) is 0 Å². The lowest BCUT2D eigenvalue weighted by Crippen LogP contribution is -2.12. The Morgan fingerprint density at radius 1 is 1.26 bits per heavy atom. The minimum absolute atomic E-state index is 0.148. The molecule has 0 spiro atoms. The van der Waals surface area contributed by atoms with Gasteiger partial charge >= 0.3 is 0 Å². The molecule has 0 aliphatic heterocycles. The lowest BCUT2D eigenvalue weighted by atomic mass is 10.2. The summed E-state index contributed by atoms with van der Waals surface area (Å²) >= 11 is 0. The van der Waals surface area contributed by atoms with Crippen LogP contribution in [0.25, 0.3) is 11.4 Å². The highest BCUT2D eigenvalue weighted by molar-refractivity contribution is 5.90. The number of ether oxygens (including phenoxy) is 2. The standard InChI is InChI=1S/C19H20N4O4/c1-3-26-15-7-6-13(11-16(15)25-2)19-22-18(27-23-19)9-8-17(24)21-14-5-4-10-20-12-14/h4-7,10-12H,3,8-9H2,1-2H3,(H,21,24). The number of pyridine rings is 1. The molecule has 3 aromatic rings. The molecule has 2 heterocycles. The van der Waals surface area contributed by atoms with Crippen LogP contribution in [0.4, 0.5) is 5.69 Å². The first-order valence-corrected chi connectivity index (χ1v) is 8.53. The summed E-state index contributed by atoms with van der Waals surface area (Å²) in [6, 6.07) is 8.95. The molecule has 0 saturated carbocycles. The summed E-state index contributed by atoms with van der Waals surface area (Å²) in [6.45, 7) is 2.45. The van der Waals surface area contributed by atoms with Gasteiger partial charge in [-0.25, -0.2) is 0 Å². The van der Waals surface area contributed by atoms with Gasteiger partial charge in [0.2, 0.25) is 17.6 Å². The maximum absolute atomic E-state index is 12.0. The molecule has 0 saturated heterocycles. The highest BCUT2D eigenvalue weighted by atomic mass is 16.5. The van der Waals surface area contributed by atoms with Gasteiger partial charge in [0.05, 0.1) is 25.6 Å². The van der Waals surface area contributed by atoms with Crippen LogP contribution in [0.3, 0.4) is 0 Å². The normalized spacial score (nSPS) is 10.4. The SMILES string of the molecule is CCOc1ccc(-c2noc(CCC(=O)Nc3cccnc3)n2)cc1OC. The third-order valence-electron chi connectivity index (χ3n) is 3.70. The highest BCUT2D eigenvalue weighted by Crippen LogP contribution is 2.31. The molecule has 1 amide bonds. The number of methoxy groups -OCH3 is 1. The Morgan fingerprint density at radius 2 is 2.15 bits per heavy atom. The Hall–Kier alpha value is -3.42. The molecule has 140 valence electrons. The van der Waals surface area contributed by atoms with E-state index in [1.807, 2.05) is 13.0 Å². The third-order valence-corrected chi connectivity index (χ3v) is 3.70. The van der Waals surface area contributed by atoms with Gasteiger partial charge in [0.1, 0.15) is 0 Å². The van der Waals surface area contributed by atoms with Crippen molar-refractivity contribution in [3.05, 3.63) is 48.6 Å². The van der Waals surface area contributed by atoms with E-state index < -0.39 is 0 Å². The monoisotopic (exact) mass is 368 g/mol. The number of hydrogen-bond donors (Lipinski definition) is 1. The molecule has 2 aromatic heterocycles. The molecule has 0 unspecified atom stereocenters. The van der Waals surface area contributed by atoms with E-state index >= 15 is 0 Å². The minimum atomic E-state index is -0.148. The summed E-state index contributed by atoms with van der Waals surface area (Å²) in [6.07, 6.45) is 3.80. The smallest absolute Gasteiger partial charge is 0.227 e. The Kier molecular flexibility index (Phi) is 5.98. The van der Waals surface area contributed by atoms with Crippen LogP contribution >= 0.6 is 0 Å². The van der Waals surface area contributed by atoms with Crippen LogP contribution in [0.1, 0.15) is 19.2 Å². The molecule has 8 nitrogen and oxygen atoms in total. The van der Waals surface area contributed by atoms with Crippen LogP contribution in [0, 0.1) is 0 Å². The summed E-state index contributed by atoms with van der Waals surface area (Å²) in [7, 11) is 1.57. The van der Waals surface area contributed by atoms with E-state index in [4.69, 9.17) is 14.0 Å². The van der Waals surface area contributed by atoms with Gasteiger partial charge < -0.3 is 19.3 Å². The zero-order chi connectivity index (χ0) is 19.1. The maximum atomic E-state index is 12.0. The van der Waals surface area contributed by atoms with Gasteiger partial charge in [0, 0.05) is 24.6 Å². The van der Waals surface area contributed by atoms with E-state index in [9.17, 15) is 4.79 Å². The summed E-state index contributed by atoms with van der Waals surface area (Å²) in [5.74, 6) is 1.92. The number of nitrogens with one attached hydrogen (secondary N) is 1. The number of aryl methyl sites for hydroxylation is 1. The lowest BCUT2D eigenvalue weighted by molar-refractivity contribution is -0.116. The Balaban J connectivity index is 1.62. The van der Waals surface area contributed by atoms with Crippen molar-refractivity contribution < 1.29 is 18.8 Å². The van der Waals surface area contributed by atoms with E-state index in [-0.39, 0.29) is 12.3 Å². The van der Waals surface area contributed by atoms with Crippen molar-refractivity contribution in [3.8, 4) is 22.9 Å². The van der Waals surface area contributed by atoms with Gasteiger partial charge in [-0.3, -0.25) is 9.78 Å². The molecule has 0 radical (unpaired) electrons. The molecule has 27 heavy (non-hydrogen) atoms. The first-order chi connectivity index (χ1) is 13.2. The Bertz CT molecular complexity index is 896. The van der Waals surface area contributed by atoms with Crippen molar-refractivity contribution >= 4 is 11.6 Å². The van der Waals surface area contributed by atoms with E-state index in [1.165, 1.54) is 0 Å². The van der Waals surface area contributed by atoms with Crippen LogP contribution in [0.15, 0.2) is 47.2 Å². The molecule has 8 heteroatoms. The van der Waals surface area contributed by atoms with Crippen LogP contribution in [-0.4, -0.2) is 34.7 Å². The second-order valence-corrected chi connectivity index (χ2v) is 5.60. The first-order valence-electron chi connectivity index (χ1n) is 8.53. The fraction of sp³-hybridized carbons (Fsp3) is 0.263. The van der Waals surface area contributed by atoms with Crippen molar-refractivity contribution in [2.45, 2.75) is 19.8 Å². The predicted molar refractivity (Wildman–Crippen MR) is 98.6 cm³/mol. The first kappa shape index (κ1) is 18.4. The van der Waals surface area contributed by atoms with E-state index in [0.717, 1.165) is 5.56 Å². The minimum Gasteiger partial charge on any atom is -0.493 e. The molecule has 3 rings (SSSR count). The average Bonchev–Trinajstić information content (AvgIpc) is 3.17. The quantitative estimate of drug-likeness (QED) is 0.652. The number of amides is 1. The van der Waals surface area contributed by atoms with Crippen LogP contribution in [0.5, 0.6) is 11.5 Å². The van der Waals surface area contributed by atoms with Crippen molar-refractivity contribution in [1.29, 1.82) is 0 Å². The van der Waals surface area contributed by atoms with E-state index in [1.54, 1.807) is 43.8 Å². The van der Waals surface area contributed by atoms with Gasteiger partial charge in [-0.15, -0.1) is 0 Å². The van der Waals surface area contributed by atoms with Gasteiger partial charge in [-0.2, -0.15) is 4.98 Å². The number of carbonyl (C=O) groups is 1. The third kappa shape index (κ3) is 4.81. The summed E-state index contributed by atoms with van der Waals surface area (Å²) < 4.78 is 16.1. The summed E-state index contributed by atoms with van der Waals surface area (Å²) in [5, 5.41) is 6.74. The van der Waals surface area contributed by atoms with E-state index in [0.29, 0.717) is 41.9 Å². The van der Waals surface area contributed by atoms with E-state index in [2.05, 4.69) is 20.4 Å². The zero-order valence-corrected chi connectivity index (χ0v) is 15.1. The number of aromatic nitrogens is 3. The van der Waals surface area contributed by atoms with Crippen LogP contribution in [-0.2, 0) is 11.2 Å². The molecule has 1 aromatic carbocycles. The number of hydrogen-bond acceptors (Lipinski definition) is 7. The molecular formula is C19H20N4O4. The predicted octanol–water partition coefficient (Wildman–Crippen LogP) is 3.11. The largest absolute Gasteiger partial charge is 0.493 e. The molecular weight excluding hydrogens is 348 g/mol. The molecule has 1 N–H and O–H groups in total. The molecule has 0 atom stereocenters. The fourth-order valence-electron chi connectivity index (χ4n) is 2.44. The second-order valence-electron chi connectivity index (χ2n) is 5.60. The molecule has 0 aliphatic carbocycles. The number of nitrogens with zero attached hydrogens (tertiary/aromatic N) is 3. The Morgan fingerprint density at radius 3 is 2.89 bits per heavy atom. The van der Waals surface area contributed by atoms with Crippen molar-refractivity contribution in [3.63, 3.8) is 0 Å². The molecule has 0 bridgehead atoms.